The summed E-state index contributed by atoms with van der Waals surface area (Å²) in [6.45, 7) is 6.97. The molecule has 0 unspecified atom stereocenters. The molecule has 0 radical (unpaired) electrons. The Morgan fingerprint density at radius 2 is 2.22 bits per heavy atom. The first-order chi connectivity index (χ1) is 8.52. The largest absolute Gasteiger partial charge is 0.351 e. The highest BCUT2D eigenvalue weighted by Crippen LogP contribution is 2.26. The predicted octanol–water partition coefficient (Wildman–Crippen LogP) is 0.848. The van der Waals surface area contributed by atoms with Crippen molar-refractivity contribution in [3.8, 4) is 0 Å². The summed E-state index contributed by atoms with van der Waals surface area (Å²) in [4.78, 5) is 12.1. The number of piperidine rings is 1. The second-order valence-corrected chi connectivity index (χ2v) is 5.51. The van der Waals surface area contributed by atoms with Crippen LogP contribution in [0.1, 0.15) is 35.8 Å². The first-order valence-corrected chi connectivity index (χ1v) is 6.49. The minimum atomic E-state index is -0.0136. The number of aryl methyl sites for hydroxylation is 1. The third-order valence-corrected chi connectivity index (χ3v) is 3.97. The van der Waals surface area contributed by atoms with Crippen molar-refractivity contribution in [3.05, 3.63) is 17.5 Å². The number of rotatable bonds is 3. The third kappa shape index (κ3) is 2.72. The number of nitrogens with zero attached hydrogens (tertiary/aromatic N) is 2. The summed E-state index contributed by atoms with van der Waals surface area (Å²) >= 11 is 0. The van der Waals surface area contributed by atoms with Crippen LogP contribution in [-0.2, 0) is 7.05 Å². The van der Waals surface area contributed by atoms with Crippen molar-refractivity contribution in [1.82, 2.24) is 20.4 Å². The first kappa shape index (κ1) is 13.1. The van der Waals surface area contributed by atoms with Gasteiger partial charge in [0.25, 0.3) is 5.91 Å². The van der Waals surface area contributed by atoms with E-state index in [9.17, 15) is 4.79 Å². The summed E-state index contributed by atoms with van der Waals surface area (Å²) in [5.41, 5.74) is 1.80. The maximum Gasteiger partial charge on any atom is 0.254 e. The van der Waals surface area contributed by atoms with Crippen molar-refractivity contribution >= 4 is 5.91 Å². The van der Waals surface area contributed by atoms with Gasteiger partial charge in [-0.3, -0.25) is 9.48 Å². The minimum absolute atomic E-state index is 0.0136. The quantitative estimate of drug-likeness (QED) is 0.836. The second kappa shape index (κ2) is 5.10. The van der Waals surface area contributed by atoms with Gasteiger partial charge in [0.1, 0.15) is 0 Å². The fourth-order valence-electron chi connectivity index (χ4n) is 2.32. The predicted molar refractivity (Wildman–Crippen MR) is 70.5 cm³/mol. The van der Waals surface area contributed by atoms with Crippen molar-refractivity contribution in [3.63, 3.8) is 0 Å². The van der Waals surface area contributed by atoms with E-state index in [1.807, 2.05) is 14.0 Å². The number of carbonyl (C=O) groups excluding carboxylic acids is 1. The molecule has 2 rings (SSSR count). The zero-order valence-electron chi connectivity index (χ0n) is 11.4. The van der Waals surface area contributed by atoms with Gasteiger partial charge in [-0.1, -0.05) is 6.92 Å². The number of nitrogens with one attached hydrogen (secondary N) is 2. The van der Waals surface area contributed by atoms with Gasteiger partial charge in [-0.2, -0.15) is 5.10 Å². The van der Waals surface area contributed by atoms with Crippen molar-refractivity contribution in [1.29, 1.82) is 0 Å². The first-order valence-electron chi connectivity index (χ1n) is 6.49. The summed E-state index contributed by atoms with van der Waals surface area (Å²) in [7, 11) is 1.85. The normalized spacial score (nSPS) is 18.6. The van der Waals surface area contributed by atoms with Crippen LogP contribution in [0.15, 0.2) is 6.20 Å². The molecule has 1 fully saturated rings. The Hall–Kier alpha value is -1.36. The van der Waals surface area contributed by atoms with Gasteiger partial charge in [0.15, 0.2) is 0 Å². The second-order valence-electron chi connectivity index (χ2n) is 5.51. The van der Waals surface area contributed by atoms with Crippen LogP contribution in [0.25, 0.3) is 0 Å². The molecule has 100 valence electrons. The minimum Gasteiger partial charge on any atom is -0.351 e. The van der Waals surface area contributed by atoms with Crippen LogP contribution in [-0.4, -0.2) is 35.3 Å². The zero-order valence-corrected chi connectivity index (χ0v) is 11.4. The SMILES string of the molecule is Cc1c(C(=O)NCC2(C)CCNCC2)cnn1C. The molecule has 5 heteroatoms. The molecule has 1 aliphatic rings. The Morgan fingerprint density at radius 3 is 2.78 bits per heavy atom. The molecule has 0 atom stereocenters. The Bertz CT molecular complexity index is 432. The van der Waals surface area contributed by atoms with Crippen molar-refractivity contribution < 1.29 is 4.79 Å². The van der Waals surface area contributed by atoms with E-state index in [1.165, 1.54) is 0 Å². The van der Waals surface area contributed by atoms with E-state index >= 15 is 0 Å². The molecule has 0 aromatic carbocycles. The smallest absolute Gasteiger partial charge is 0.254 e. The number of hydrogen-bond acceptors (Lipinski definition) is 3. The maximum absolute atomic E-state index is 12.1. The van der Waals surface area contributed by atoms with Gasteiger partial charge in [0, 0.05) is 19.3 Å². The van der Waals surface area contributed by atoms with Crippen molar-refractivity contribution in [2.45, 2.75) is 26.7 Å². The van der Waals surface area contributed by atoms with E-state index in [0.29, 0.717) is 5.56 Å². The van der Waals surface area contributed by atoms with Crippen LogP contribution in [0.3, 0.4) is 0 Å². The summed E-state index contributed by atoms with van der Waals surface area (Å²) < 4.78 is 1.72. The summed E-state index contributed by atoms with van der Waals surface area (Å²) in [6.07, 6.45) is 3.86. The lowest BCUT2D eigenvalue weighted by Gasteiger charge is -2.34. The highest BCUT2D eigenvalue weighted by atomic mass is 16.1. The van der Waals surface area contributed by atoms with Gasteiger partial charge >= 0.3 is 0 Å². The van der Waals surface area contributed by atoms with Gasteiger partial charge in [-0.05, 0) is 38.3 Å². The van der Waals surface area contributed by atoms with E-state index in [2.05, 4.69) is 22.7 Å². The van der Waals surface area contributed by atoms with Crippen LogP contribution in [0.2, 0.25) is 0 Å². The number of aromatic nitrogens is 2. The highest BCUT2D eigenvalue weighted by Gasteiger charge is 2.27. The van der Waals surface area contributed by atoms with Gasteiger partial charge < -0.3 is 10.6 Å². The molecule has 18 heavy (non-hydrogen) atoms. The Labute approximate surface area is 108 Å². The molecule has 1 amide bonds. The molecule has 5 nitrogen and oxygen atoms in total. The lowest BCUT2D eigenvalue weighted by molar-refractivity contribution is 0.0921. The molecule has 0 saturated carbocycles. The lowest BCUT2D eigenvalue weighted by atomic mass is 9.81. The number of amides is 1. The molecule has 0 bridgehead atoms. The van der Waals surface area contributed by atoms with Gasteiger partial charge in [0.2, 0.25) is 0 Å². The van der Waals surface area contributed by atoms with Crippen molar-refractivity contribution in [2.24, 2.45) is 12.5 Å². The molecule has 1 saturated heterocycles. The standard InChI is InChI=1S/C13H22N4O/c1-10-11(8-16-17(10)3)12(18)15-9-13(2)4-6-14-7-5-13/h8,14H,4-7,9H2,1-3H3,(H,15,18). The Balaban J connectivity index is 1.94. The fourth-order valence-corrected chi connectivity index (χ4v) is 2.32. The fraction of sp³-hybridized carbons (Fsp3) is 0.692. The molecule has 0 spiro atoms. The van der Waals surface area contributed by atoms with E-state index in [0.717, 1.165) is 38.2 Å². The van der Waals surface area contributed by atoms with E-state index in [4.69, 9.17) is 0 Å². The van der Waals surface area contributed by atoms with Crippen LogP contribution in [0, 0.1) is 12.3 Å². The highest BCUT2D eigenvalue weighted by molar-refractivity contribution is 5.95. The molecular weight excluding hydrogens is 228 g/mol. The van der Waals surface area contributed by atoms with Gasteiger partial charge in [0.05, 0.1) is 11.8 Å². The monoisotopic (exact) mass is 250 g/mol. The lowest BCUT2D eigenvalue weighted by Crippen LogP contribution is -2.42. The molecule has 1 aromatic rings. The van der Waals surface area contributed by atoms with Crippen LogP contribution in [0.5, 0.6) is 0 Å². The van der Waals surface area contributed by atoms with E-state index in [-0.39, 0.29) is 11.3 Å². The average molecular weight is 250 g/mol. The van der Waals surface area contributed by atoms with Gasteiger partial charge in [-0.15, -0.1) is 0 Å². The Kier molecular flexibility index (Phi) is 3.71. The molecular formula is C13H22N4O. The van der Waals surface area contributed by atoms with Crippen LogP contribution >= 0.6 is 0 Å². The zero-order chi connectivity index (χ0) is 13.2. The summed E-state index contributed by atoms with van der Waals surface area (Å²) in [6, 6.07) is 0. The van der Waals surface area contributed by atoms with Crippen molar-refractivity contribution in [2.75, 3.05) is 19.6 Å². The summed E-state index contributed by atoms with van der Waals surface area (Å²) in [5.74, 6) is -0.0136. The average Bonchev–Trinajstić information content (AvgIpc) is 2.68. The molecule has 0 aliphatic carbocycles. The van der Waals surface area contributed by atoms with E-state index < -0.39 is 0 Å². The molecule has 1 aliphatic heterocycles. The molecule has 1 aromatic heterocycles. The Morgan fingerprint density at radius 1 is 1.56 bits per heavy atom. The van der Waals surface area contributed by atoms with Crippen LogP contribution < -0.4 is 10.6 Å². The topological polar surface area (TPSA) is 59.0 Å². The molecule has 2 N–H and O–H groups in total. The number of carbonyl (C=O) groups is 1. The van der Waals surface area contributed by atoms with E-state index in [1.54, 1.807) is 10.9 Å². The third-order valence-electron chi connectivity index (χ3n) is 3.97. The van der Waals surface area contributed by atoms with Crippen LogP contribution in [0.4, 0.5) is 0 Å². The molecule has 2 heterocycles. The van der Waals surface area contributed by atoms with Gasteiger partial charge in [-0.25, -0.2) is 0 Å². The maximum atomic E-state index is 12.1. The number of hydrogen-bond donors (Lipinski definition) is 2. The summed E-state index contributed by atoms with van der Waals surface area (Å²) in [5, 5.41) is 10.5.